The zero-order valence-corrected chi connectivity index (χ0v) is 12.8. The molecule has 0 spiro atoms. The van der Waals surface area contributed by atoms with Crippen molar-refractivity contribution in [2.45, 2.75) is 20.0 Å². The zero-order valence-electron chi connectivity index (χ0n) is 12.0. The largest absolute Gasteiger partial charge is 0.495 e. The second-order valence-corrected chi connectivity index (χ2v) is 4.95. The van der Waals surface area contributed by atoms with Crippen LogP contribution >= 0.6 is 11.6 Å². The minimum atomic E-state index is 0.410. The zero-order chi connectivity index (χ0) is 15.2. The molecule has 2 rings (SSSR count). The van der Waals surface area contributed by atoms with Crippen molar-refractivity contribution >= 4 is 11.6 Å². The molecule has 0 saturated heterocycles. The molecule has 0 amide bonds. The van der Waals surface area contributed by atoms with E-state index in [1.807, 2.05) is 30.3 Å². The lowest BCUT2D eigenvalue weighted by Crippen LogP contribution is -1.98. The van der Waals surface area contributed by atoms with Crippen LogP contribution in [0.3, 0.4) is 0 Å². The van der Waals surface area contributed by atoms with Crippen LogP contribution in [0.5, 0.6) is 11.5 Å². The second-order valence-electron chi connectivity index (χ2n) is 4.54. The summed E-state index contributed by atoms with van der Waals surface area (Å²) in [5.74, 6) is 1.34. The summed E-state index contributed by atoms with van der Waals surface area (Å²) in [6, 6.07) is 13.1. The molecular weight excluding hydrogens is 286 g/mol. The number of nitriles is 1. The topological polar surface area (TPSA) is 42.2 Å². The van der Waals surface area contributed by atoms with Gasteiger partial charge in [-0.15, -0.1) is 0 Å². The van der Waals surface area contributed by atoms with Gasteiger partial charge in [-0.2, -0.15) is 5.26 Å². The Morgan fingerprint density at radius 2 is 2.00 bits per heavy atom. The number of benzene rings is 2. The van der Waals surface area contributed by atoms with Crippen LogP contribution in [0.1, 0.15) is 23.6 Å². The van der Waals surface area contributed by atoms with Crippen LogP contribution in [0, 0.1) is 11.3 Å². The molecule has 2 aromatic carbocycles. The van der Waals surface area contributed by atoms with Gasteiger partial charge in [0.25, 0.3) is 0 Å². The number of nitrogens with zero attached hydrogens (tertiary/aromatic N) is 1. The smallest absolute Gasteiger partial charge is 0.137 e. The Hall–Kier alpha value is -2.18. The minimum absolute atomic E-state index is 0.410. The fourth-order valence-corrected chi connectivity index (χ4v) is 2.25. The van der Waals surface area contributed by atoms with Crippen LogP contribution < -0.4 is 9.47 Å². The first-order valence-electron chi connectivity index (χ1n) is 6.66. The Morgan fingerprint density at radius 1 is 1.19 bits per heavy atom. The number of methoxy groups -OCH3 is 1. The highest BCUT2D eigenvalue weighted by Gasteiger charge is 2.05. The first kappa shape index (κ1) is 15.2. The molecule has 0 aliphatic heterocycles. The average molecular weight is 302 g/mol. The van der Waals surface area contributed by atoms with E-state index in [1.54, 1.807) is 13.2 Å². The Balaban J connectivity index is 2.11. The maximum Gasteiger partial charge on any atom is 0.137 e. The summed E-state index contributed by atoms with van der Waals surface area (Å²) in [5.41, 5.74) is 2.52. The minimum Gasteiger partial charge on any atom is -0.495 e. The Labute approximate surface area is 129 Å². The van der Waals surface area contributed by atoms with Crippen LogP contribution in [0.2, 0.25) is 5.02 Å². The van der Waals surface area contributed by atoms with Gasteiger partial charge in [-0.1, -0.05) is 24.6 Å². The molecule has 2 aromatic rings. The predicted molar refractivity (Wildman–Crippen MR) is 82.9 cm³/mol. The lowest BCUT2D eigenvalue weighted by Gasteiger charge is -2.10. The van der Waals surface area contributed by atoms with Gasteiger partial charge in [-0.25, -0.2) is 0 Å². The molecule has 0 aliphatic rings. The van der Waals surface area contributed by atoms with E-state index in [2.05, 4.69) is 13.0 Å². The van der Waals surface area contributed by atoms with Crippen LogP contribution in [0.15, 0.2) is 36.4 Å². The molecule has 0 unspecified atom stereocenters. The fourth-order valence-electron chi connectivity index (χ4n) is 2.00. The maximum atomic E-state index is 8.96. The van der Waals surface area contributed by atoms with Gasteiger partial charge in [-0.05, 0) is 47.9 Å². The normalized spacial score (nSPS) is 10.0. The van der Waals surface area contributed by atoms with Crippen LogP contribution in [-0.4, -0.2) is 7.11 Å². The average Bonchev–Trinajstić information content (AvgIpc) is 2.53. The van der Waals surface area contributed by atoms with Gasteiger partial charge in [0.2, 0.25) is 0 Å². The molecule has 108 valence electrons. The van der Waals surface area contributed by atoms with E-state index in [0.29, 0.717) is 17.9 Å². The first-order chi connectivity index (χ1) is 10.2. The Bertz CT molecular complexity index is 677. The molecule has 0 N–H and O–H groups in total. The quantitative estimate of drug-likeness (QED) is 0.824. The number of rotatable bonds is 5. The molecule has 21 heavy (non-hydrogen) atoms. The van der Waals surface area contributed by atoms with Crippen molar-refractivity contribution in [3.63, 3.8) is 0 Å². The standard InChI is InChI=1S/C17H16ClNO2/c1-3-13-9-15(6-7-16(13)18)21-11-12-4-5-14(10-19)17(8-12)20-2/h4-9H,3,11H2,1-2H3. The van der Waals surface area contributed by atoms with E-state index in [1.165, 1.54) is 0 Å². The summed E-state index contributed by atoms with van der Waals surface area (Å²) in [6.45, 7) is 2.46. The van der Waals surface area contributed by atoms with Crippen molar-refractivity contribution < 1.29 is 9.47 Å². The third-order valence-corrected chi connectivity index (χ3v) is 3.56. The summed E-state index contributed by atoms with van der Waals surface area (Å²) < 4.78 is 11.0. The highest BCUT2D eigenvalue weighted by atomic mass is 35.5. The van der Waals surface area contributed by atoms with Crippen molar-refractivity contribution in [2.75, 3.05) is 7.11 Å². The highest BCUT2D eigenvalue weighted by molar-refractivity contribution is 6.31. The summed E-state index contributed by atoms with van der Waals surface area (Å²) in [5, 5.41) is 9.71. The van der Waals surface area contributed by atoms with E-state index in [4.69, 9.17) is 26.3 Å². The first-order valence-corrected chi connectivity index (χ1v) is 7.04. The van der Waals surface area contributed by atoms with Gasteiger partial charge < -0.3 is 9.47 Å². The highest BCUT2D eigenvalue weighted by Crippen LogP contribution is 2.24. The molecule has 3 nitrogen and oxygen atoms in total. The third-order valence-electron chi connectivity index (χ3n) is 3.19. The second kappa shape index (κ2) is 7.01. The number of hydrogen-bond donors (Lipinski definition) is 0. The SMILES string of the molecule is CCc1cc(OCc2ccc(C#N)c(OC)c2)ccc1Cl. The number of halogens is 1. The molecule has 0 aromatic heterocycles. The van der Waals surface area contributed by atoms with E-state index >= 15 is 0 Å². The van der Waals surface area contributed by atoms with E-state index in [0.717, 1.165) is 28.3 Å². The van der Waals surface area contributed by atoms with E-state index in [-0.39, 0.29) is 0 Å². The summed E-state index contributed by atoms with van der Waals surface area (Å²) in [6.07, 6.45) is 0.862. The number of aryl methyl sites for hydroxylation is 1. The Kier molecular flexibility index (Phi) is 5.08. The molecular formula is C17H16ClNO2. The lowest BCUT2D eigenvalue weighted by atomic mass is 10.1. The van der Waals surface area contributed by atoms with E-state index < -0.39 is 0 Å². The monoisotopic (exact) mass is 301 g/mol. The van der Waals surface area contributed by atoms with Gasteiger partial charge in [0.05, 0.1) is 12.7 Å². The van der Waals surface area contributed by atoms with Gasteiger partial charge in [0.15, 0.2) is 0 Å². The van der Waals surface area contributed by atoms with Crippen molar-refractivity contribution in [2.24, 2.45) is 0 Å². The van der Waals surface area contributed by atoms with Crippen LogP contribution in [0.25, 0.3) is 0 Å². The van der Waals surface area contributed by atoms with Crippen LogP contribution in [-0.2, 0) is 13.0 Å². The molecule has 0 bridgehead atoms. The Morgan fingerprint density at radius 3 is 2.67 bits per heavy atom. The third kappa shape index (κ3) is 3.68. The summed E-state index contributed by atoms with van der Waals surface area (Å²) >= 11 is 6.08. The summed E-state index contributed by atoms with van der Waals surface area (Å²) in [4.78, 5) is 0. The van der Waals surface area contributed by atoms with Gasteiger partial charge >= 0.3 is 0 Å². The molecule has 0 radical (unpaired) electrons. The van der Waals surface area contributed by atoms with E-state index in [9.17, 15) is 0 Å². The lowest BCUT2D eigenvalue weighted by molar-refractivity contribution is 0.305. The predicted octanol–water partition coefficient (Wildman–Crippen LogP) is 4.36. The van der Waals surface area contributed by atoms with Crippen molar-refractivity contribution in [1.82, 2.24) is 0 Å². The van der Waals surface area contributed by atoms with Gasteiger partial charge in [0, 0.05) is 5.02 Å². The molecule has 0 fully saturated rings. The van der Waals surface area contributed by atoms with Crippen molar-refractivity contribution in [1.29, 1.82) is 5.26 Å². The number of ether oxygens (including phenoxy) is 2. The summed E-state index contributed by atoms with van der Waals surface area (Å²) in [7, 11) is 1.55. The molecule has 0 heterocycles. The molecule has 0 saturated carbocycles. The molecule has 0 atom stereocenters. The molecule has 0 aliphatic carbocycles. The van der Waals surface area contributed by atoms with Crippen molar-refractivity contribution in [3.05, 3.63) is 58.1 Å². The van der Waals surface area contributed by atoms with Gasteiger partial charge in [0.1, 0.15) is 24.2 Å². The molecule has 4 heteroatoms. The van der Waals surface area contributed by atoms with Crippen molar-refractivity contribution in [3.8, 4) is 17.6 Å². The van der Waals surface area contributed by atoms with Gasteiger partial charge in [-0.3, -0.25) is 0 Å². The fraction of sp³-hybridized carbons (Fsp3) is 0.235. The maximum absolute atomic E-state index is 8.96. The van der Waals surface area contributed by atoms with Crippen LogP contribution in [0.4, 0.5) is 0 Å². The number of hydrogen-bond acceptors (Lipinski definition) is 3.